The molecule has 0 radical (unpaired) electrons. The lowest BCUT2D eigenvalue weighted by Gasteiger charge is -2.25. The van der Waals surface area contributed by atoms with Gasteiger partial charge in [0, 0.05) is 32.1 Å². The highest BCUT2D eigenvalue weighted by Gasteiger charge is 2.38. The highest BCUT2D eigenvalue weighted by atomic mass is 16.7. The third-order valence-electron chi connectivity index (χ3n) is 5.65. The topological polar surface area (TPSA) is 77.5 Å². The second-order valence-electron chi connectivity index (χ2n) is 7.48. The van der Waals surface area contributed by atoms with Gasteiger partial charge in [0.25, 0.3) is 0 Å². The van der Waals surface area contributed by atoms with Gasteiger partial charge in [0.1, 0.15) is 11.5 Å². The lowest BCUT2D eigenvalue weighted by molar-refractivity contribution is -0.136. The number of hydrogen-bond acceptors (Lipinski definition) is 6. The summed E-state index contributed by atoms with van der Waals surface area (Å²) in [6, 6.07) is 11.0. The lowest BCUT2D eigenvalue weighted by atomic mass is 10.1. The number of rotatable bonds is 7. The Labute approximate surface area is 181 Å². The zero-order chi connectivity index (χ0) is 22.0. The Kier molecular flexibility index (Phi) is 5.88. The maximum absolute atomic E-state index is 13.2. The summed E-state index contributed by atoms with van der Waals surface area (Å²) in [5.41, 5.74) is 1.57. The molecule has 2 amide bonds. The number of nitrogens with zero attached hydrogens (tertiary/aromatic N) is 2. The molecule has 0 bridgehead atoms. The van der Waals surface area contributed by atoms with Gasteiger partial charge in [-0.15, -0.1) is 0 Å². The van der Waals surface area contributed by atoms with Gasteiger partial charge in [-0.05, 0) is 36.8 Å². The summed E-state index contributed by atoms with van der Waals surface area (Å²) in [5.74, 6) is 2.02. The van der Waals surface area contributed by atoms with E-state index in [4.69, 9.17) is 18.9 Å². The van der Waals surface area contributed by atoms with Crippen LogP contribution < -0.4 is 23.8 Å². The first kappa shape index (κ1) is 20.8. The fourth-order valence-electron chi connectivity index (χ4n) is 3.98. The lowest BCUT2D eigenvalue weighted by Crippen LogP contribution is -2.37. The minimum Gasteiger partial charge on any atom is -0.497 e. The van der Waals surface area contributed by atoms with Gasteiger partial charge in [-0.25, -0.2) is 0 Å². The molecule has 1 unspecified atom stereocenters. The highest BCUT2D eigenvalue weighted by Crippen LogP contribution is 2.37. The number of methoxy groups -OCH3 is 2. The van der Waals surface area contributed by atoms with Crippen molar-refractivity contribution in [3.8, 4) is 23.0 Å². The van der Waals surface area contributed by atoms with Crippen LogP contribution in [-0.4, -0.2) is 50.8 Å². The SMILES string of the molecule is CCN(Cc1ccc2c(c1)OCO2)C(=O)C1CC(=O)N(c2cc(OC)ccc2OC)C1. The fourth-order valence-corrected chi connectivity index (χ4v) is 3.98. The molecule has 1 atom stereocenters. The third-order valence-corrected chi connectivity index (χ3v) is 5.65. The van der Waals surface area contributed by atoms with Crippen LogP contribution in [0.2, 0.25) is 0 Å². The van der Waals surface area contributed by atoms with Gasteiger partial charge in [-0.3, -0.25) is 9.59 Å². The zero-order valence-corrected chi connectivity index (χ0v) is 17.9. The number of anilines is 1. The minimum atomic E-state index is -0.419. The molecule has 164 valence electrons. The van der Waals surface area contributed by atoms with E-state index in [1.807, 2.05) is 25.1 Å². The van der Waals surface area contributed by atoms with Crippen molar-refractivity contribution < 1.29 is 28.5 Å². The summed E-state index contributed by atoms with van der Waals surface area (Å²) in [4.78, 5) is 29.4. The average Bonchev–Trinajstić information content (AvgIpc) is 3.42. The van der Waals surface area contributed by atoms with Crippen LogP contribution >= 0.6 is 0 Å². The Hall–Kier alpha value is -3.42. The molecule has 0 aliphatic carbocycles. The molecule has 8 nitrogen and oxygen atoms in total. The van der Waals surface area contributed by atoms with Gasteiger partial charge >= 0.3 is 0 Å². The van der Waals surface area contributed by atoms with Gasteiger partial charge in [0.05, 0.1) is 25.8 Å². The van der Waals surface area contributed by atoms with Crippen molar-refractivity contribution in [2.24, 2.45) is 5.92 Å². The van der Waals surface area contributed by atoms with Crippen LogP contribution in [0.15, 0.2) is 36.4 Å². The van der Waals surface area contributed by atoms with Crippen molar-refractivity contribution in [3.05, 3.63) is 42.0 Å². The number of carbonyl (C=O) groups is 2. The number of ether oxygens (including phenoxy) is 4. The van der Waals surface area contributed by atoms with E-state index in [0.29, 0.717) is 48.3 Å². The minimum absolute atomic E-state index is 0.0436. The van der Waals surface area contributed by atoms with E-state index >= 15 is 0 Å². The van der Waals surface area contributed by atoms with Crippen molar-refractivity contribution >= 4 is 17.5 Å². The standard InChI is InChI=1S/C23H26N2O6/c1-4-24(12-15-5-7-20-21(9-15)31-14-30-20)23(27)16-10-22(26)25(13-16)18-11-17(28-2)6-8-19(18)29-3/h5-9,11,16H,4,10,12-14H2,1-3H3. The number of amides is 2. The van der Waals surface area contributed by atoms with Crippen LogP contribution in [0.3, 0.4) is 0 Å². The molecule has 2 aliphatic heterocycles. The summed E-state index contributed by atoms with van der Waals surface area (Å²) in [6.45, 7) is 3.44. The van der Waals surface area contributed by atoms with E-state index in [-0.39, 0.29) is 25.0 Å². The van der Waals surface area contributed by atoms with Crippen molar-refractivity contribution in [1.82, 2.24) is 4.90 Å². The largest absolute Gasteiger partial charge is 0.497 e. The Morgan fingerprint density at radius 1 is 1.13 bits per heavy atom. The first-order chi connectivity index (χ1) is 15.0. The van der Waals surface area contributed by atoms with Crippen LogP contribution in [0.5, 0.6) is 23.0 Å². The summed E-state index contributed by atoms with van der Waals surface area (Å²) in [5, 5.41) is 0. The van der Waals surface area contributed by atoms with Gasteiger partial charge in [-0.2, -0.15) is 0 Å². The van der Waals surface area contributed by atoms with Crippen molar-refractivity contribution in [2.45, 2.75) is 19.9 Å². The maximum Gasteiger partial charge on any atom is 0.231 e. The first-order valence-corrected chi connectivity index (χ1v) is 10.2. The predicted octanol–water partition coefficient (Wildman–Crippen LogP) is 2.83. The molecular weight excluding hydrogens is 400 g/mol. The molecule has 8 heteroatoms. The quantitative estimate of drug-likeness (QED) is 0.678. The van der Waals surface area contributed by atoms with E-state index in [1.165, 1.54) is 0 Å². The summed E-state index contributed by atoms with van der Waals surface area (Å²) in [7, 11) is 3.12. The van der Waals surface area contributed by atoms with Gasteiger partial charge in [-0.1, -0.05) is 6.07 Å². The molecular formula is C23H26N2O6. The van der Waals surface area contributed by atoms with Crippen LogP contribution in [-0.2, 0) is 16.1 Å². The monoisotopic (exact) mass is 426 g/mol. The summed E-state index contributed by atoms with van der Waals surface area (Å²) < 4.78 is 21.5. The molecule has 0 saturated carbocycles. The average molecular weight is 426 g/mol. The molecule has 0 N–H and O–H groups in total. The second-order valence-corrected chi connectivity index (χ2v) is 7.48. The summed E-state index contributed by atoms with van der Waals surface area (Å²) in [6.07, 6.45) is 0.164. The Balaban J connectivity index is 1.49. The molecule has 2 heterocycles. The smallest absolute Gasteiger partial charge is 0.231 e. The number of carbonyl (C=O) groups excluding carboxylic acids is 2. The number of benzene rings is 2. The molecule has 1 saturated heterocycles. The number of fused-ring (bicyclic) bond motifs is 1. The Morgan fingerprint density at radius 2 is 1.94 bits per heavy atom. The van der Waals surface area contributed by atoms with Crippen molar-refractivity contribution in [3.63, 3.8) is 0 Å². The molecule has 0 spiro atoms. The second kappa shape index (κ2) is 8.75. The molecule has 0 aromatic heterocycles. The molecule has 2 aliphatic rings. The maximum atomic E-state index is 13.2. The van der Waals surface area contributed by atoms with Crippen molar-refractivity contribution in [2.75, 3.05) is 39.0 Å². The first-order valence-electron chi connectivity index (χ1n) is 10.2. The van der Waals surface area contributed by atoms with Crippen LogP contribution in [0.1, 0.15) is 18.9 Å². The zero-order valence-electron chi connectivity index (χ0n) is 17.9. The van der Waals surface area contributed by atoms with Crippen molar-refractivity contribution in [1.29, 1.82) is 0 Å². The van der Waals surface area contributed by atoms with Crippen LogP contribution in [0.4, 0.5) is 5.69 Å². The van der Waals surface area contributed by atoms with E-state index in [1.54, 1.807) is 42.2 Å². The van der Waals surface area contributed by atoms with E-state index in [2.05, 4.69) is 0 Å². The van der Waals surface area contributed by atoms with Gasteiger partial charge in [0.15, 0.2) is 11.5 Å². The third kappa shape index (κ3) is 4.10. The molecule has 2 aromatic rings. The van der Waals surface area contributed by atoms with Crippen LogP contribution in [0.25, 0.3) is 0 Å². The molecule has 1 fully saturated rings. The predicted molar refractivity (Wildman–Crippen MR) is 114 cm³/mol. The molecule has 2 aromatic carbocycles. The Morgan fingerprint density at radius 3 is 2.68 bits per heavy atom. The van der Waals surface area contributed by atoms with Gasteiger partial charge < -0.3 is 28.7 Å². The highest BCUT2D eigenvalue weighted by molar-refractivity contribution is 6.01. The Bertz CT molecular complexity index is 992. The van der Waals surface area contributed by atoms with Gasteiger partial charge in [0.2, 0.25) is 18.6 Å². The van der Waals surface area contributed by atoms with Crippen LogP contribution in [0, 0.1) is 5.92 Å². The van der Waals surface area contributed by atoms with E-state index in [9.17, 15) is 9.59 Å². The van der Waals surface area contributed by atoms with E-state index < -0.39 is 5.92 Å². The number of hydrogen-bond donors (Lipinski definition) is 0. The molecule has 31 heavy (non-hydrogen) atoms. The molecule has 4 rings (SSSR count). The summed E-state index contributed by atoms with van der Waals surface area (Å²) >= 11 is 0. The fraction of sp³-hybridized carbons (Fsp3) is 0.391. The normalized spacial score (nSPS) is 17.1. The van der Waals surface area contributed by atoms with E-state index in [0.717, 1.165) is 5.56 Å².